The van der Waals surface area contributed by atoms with Crippen LogP contribution in [0.15, 0.2) is 30.3 Å². The van der Waals surface area contributed by atoms with Crippen molar-refractivity contribution in [1.82, 2.24) is 15.2 Å². The molecule has 4 N–H and O–H groups in total. The predicted octanol–water partition coefficient (Wildman–Crippen LogP) is 2.20. The van der Waals surface area contributed by atoms with Crippen LogP contribution in [-0.2, 0) is 6.42 Å². The number of rotatable bonds is 3. The average Bonchev–Trinajstić information content (AvgIpc) is 2.94. The molecule has 5 heteroatoms. The SMILES string of the molecule is NCCc1cc(-c2cc3cc(F)ccc3[nH]2)n[nH]1. The number of hydrogen-bond acceptors (Lipinski definition) is 2. The maximum atomic E-state index is 13.1. The number of benzene rings is 1. The smallest absolute Gasteiger partial charge is 0.123 e. The van der Waals surface area contributed by atoms with Gasteiger partial charge in [-0.1, -0.05) is 0 Å². The Hall–Kier alpha value is -2.14. The van der Waals surface area contributed by atoms with Gasteiger partial charge >= 0.3 is 0 Å². The van der Waals surface area contributed by atoms with Crippen molar-refractivity contribution in [1.29, 1.82) is 0 Å². The van der Waals surface area contributed by atoms with Crippen LogP contribution in [-0.4, -0.2) is 21.7 Å². The summed E-state index contributed by atoms with van der Waals surface area (Å²) in [6.45, 7) is 0.583. The Balaban J connectivity index is 2.02. The summed E-state index contributed by atoms with van der Waals surface area (Å²) >= 11 is 0. The van der Waals surface area contributed by atoms with Gasteiger partial charge < -0.3 is 10.7 Å². The maximum absolute atomic E-state index is 13.1. The van der Waals surface area contributed by atoms with E-state index < -0.39 is 0 Å². The fraction of sp³-hybridized carbons (Fsp3) is 0.154. The number of nitrogens with zero attached hydrogens (tertiary/aromatic N) is 1. The number of halogens is 1. The number of aromatic nitrogens is 3. The zero-order valence-corrected chi connectivity index (χ0v) is 9.70. The minimum atomic E-state index is -0.237. The molecule has 0 fully saturated rings. The molecule has 0 aliphatic heterocycles. The summed E-state index contributed by atoms with van der Waals surface area (Å²) in [5.74, 6) is -0.237. The first-order valence-corrected chi connectivity index (χ1v) is 5.79. The fourth-order valence-corrected chi connectivity index (χ4v) is 2.02. The summed E-state index contributed by atoms with van der Waals surface area (Å²) in [6.07, 6.45) is 0.766. The van der Waals surface area contributed by atoms with Crippen molar-refractivity contribution in [3.8, 4) is 11.4 Å². The molecule has 0 amide bonds. The van der Waals surface area contributed by atoms with Crippen LogP contribution < -0.4 is 5.73 Å². The van der Waals surface area contributed by atoms with Crippen molar-refractivity contribution in [3.05, 3.63) is 41.8 Å². The van der Waals surface area contributed by atoms with Gasteiger partial charge in [-0.3, -0.25) is 5.10 Å². The molecule has 0 unspecified atom stereocenters. The van der Waals surface area contributed by atoms with Crippen molar-refractivity contribution in [2.24, 2.45) is 5.73 Å². The van der Waals surface area contributed by atoms with Crippen LogP contribution in [0, 0.1) is 5.82 Å². The third-order valence-corrected chi connectivity index (χ3v) is 2.90. The van der Waals surface area contributed by atoms with Gasteiger partial charge in [-0.05, 0) is 36.9 Å². The molecular formula is C13H13FN4. The van der Waals surface area contributed by atoms with Gasteiger partial charge in [0.05, 0.1) is 5.69 Å². The van der Waals surface area contributed by atoms with Crippen LogP contribution in [0.2, 0.25) is 0 Å². The van der Waals surface area contributed by atoms with Gasteiger partial charge in [0.2, 0.25) is 0 Å². The van der Waals surface area contributed by atoms with Crippen LogP contribution in [0.5, 0.6) is 0 Å². The minimum Gasteiger partial charge on any atom is -0.353 e. The van der Waals surface area contributed by atoms with Gasteiger partial charge in [0.1, 0.15) is 11.5 Å². The Kier molecular flexibility index (Phi) is 2.60. The summed E-state index contributed by atoms with van der Waals surface area (Å²) in [5, 5.41) is 8.00. The zero-order valence-electron chi connectivity index (χ0n) is 9.70. The Bertz CT molecular complexity index is 683. The molecule has 2 heterocycles. The van der Waals surface area contributed by atoms with E-state index in [1.54, 1.807) is 6.07 Å². The lowest BCUT2D eigenvalue weighted by Crippen LogP contribution is -2.02. The molecule has 0 saturated heterocycles. The van der Waals surface area contributed by atoms with E-state index in [0.717, 1.165) is 34.4 Å². The summed E-state index contributed by atoms with van der Waals surface area (Å²) in [4.78, 5) is 3.21. The molecule has 3 aromatic rings. The van der Waals surface area contributed by atoms with E-state index in [-0.39, 0.29) is 5.82 Å². The zero-order chi connectivity index (χ0) is 12.5. The second-order valence-corrected chi connectivity index (χ2v) is 4.23. The first-order chi connectivity index (χ1) is 8.76. The molecule has 1 aromatic carbocycles. The molecule has 92 valence electrons. The van der Waals surface area contributed by atoms with Crippen LogP contribution in [0.4, 0.5) is 4.39 Å². The van der Waals surface area contributed by atoms with Crippen molar-refractivity contribution < 1.29 is 4.39 Å². The van der Waals surface area contributed by atoms with Gasteiger partial charge in [-0.25, -0.2) is 4.39 Å². The minimum absolute atomic E-state index is 0.237. The number of nitrogens with two attached hydrogens (primary N) is 1. The van der Waals surface area contributed by atoms with Crippen molar-refractivity contribution in [2.75, 3.05) is 6.54 Å². The van der Waals surface area contributed by atoms with Crippen LogP contribution in [0.3, 0.4) is 0 Å². The molecular weight excluding hydrogens is 231 g/mol. The summed E-state index contributed by atoms with van der Waals surface area (Å²) in [5.41, 5.74) is 9.07. The third kappa shape index (κ3) is 1.89. The average molecular weight is 244 g/mol. The van der Waals surface area contributed by atoms with E-state index in [1.807, 2.05) is 12.1 Å². The highest BCUT2D eigenvalue weighted by Crippen LogP contribution is 2.23. The first-order valence-electron chi connectivity index (χ1n) is 5.79. The van der Waals surface area contributed by atoms with Gasteiger partial charge in [0.25, 0.3) is 0 Å². The topological polar surface area (TPSA) is 70.5 Å². The second kappa shape index (κ2) is 4.27. The fourth-order valence-electron chi connectivity index (χ4n) is 2.02. The van der Waals surface area contributed by atoms with E-state index in [0.29, 0.717) is 6.54 Å². The Morgan fingerprint density at radius 2 is 2.11 bits per heavy atom. The summed E-state index contributed by atoms with van der Waals surface area (Å²) in [7, 11) is 0. The molecule has 4 nitrogen and oxygen atoms in total. The van der Waals surface area contributed by atoms with Crippen LogP contribution in [0.1, 0.15) is 5.69 Å². The monoisotopic (exact) mass is 244 g/mol. The number of nitrogens with one attached hydrogen (secondary N) is 2. The quantitative estimate of drug-likeness (QED) is 0.661. The lowest BCUT2D eigenvalue weighted by molar-refractivity contribution is 0.630. The number of aromatic amines is 2. The highest BCUT2D eigenvalue weighted by molar-refractivity contribution is 5.85. The van der Waals surface area contributed by atoms with Crippen LogP contribution >= 0.6 is 0 Å². The summed E-state index contributed by atoms with van der Waals surface area (Å²) in [6, 6.07) is 8.51. The largest absolute Gasteiger partial charge is 0.353 e. The first kappa shape index (κ1) is 11.0. The van der Waals surface area contributed by atoms with E-state index >= 15 is 0 Å². The molecule has 0 spiro atoms. The lowest BCUT2D eigenvalue weighted by Gasteiger charge is -1.89. The Morgan fingerprint density at radius 3 is 2.94 bits per heavy atom. The molecule has 2 aromatic heterocycles. The standard InChI is InChI=1S/C13H13FN4/c14-9-1-2-11-8(5-9)6-12(16-11)13-7-10(3-4-15)17-18-13/h1-2,5-7,16H,3-4,15H2,(H,17,18). The number of fused-ring (bicyclic) bond motifs is 1. The van der Waals surface area contributed by atoms with Crippen LogP contribution in [0.25, 0.3) is 22.3 Å². The van der Waals surface area contributed by atoms with E-state index in [2.05, 4.69) is 15.2 Å². The van der Waals surface area contributed by atoms with Gasteiger partial charge in [0, 0.05) is 23.0 Å². The Morgan fingerprint density at radius 1 is 1.22 bits per heavy atom. The number of H-pyrrole nitrogens is 2. The van der Waals surface area contributed by atoms with Gasteiger partial charge in [-0.15, -0.1) is 0 Å². The number of hydrogen-bond donors (Lipinski definition) is 3. The lowest BCUT2D eigenvalue weighted by atomic mass is 10.2. The normalized spacial score (nSPS) is 11.2. The van der Waals surface area contributed by atoms with Crippen molar-refractivity contribution in [3.63, 3.8) is 0 Å². The highest BCUT2D eigenvalue weighted by Gasteiger charge is 2.07. The molecule has 3 rings (SSSR count). The van der Waals surface area contributed by atoms with Gasteiger partial charge in [0.15, 0.2) is 0 Å². The molecule has 0 saturated carbocycles. The molecule has 0 aliphatic carbocycles. The van der Waals surface area contributed by atoms with E-state index in [9.17, 15) is 4.39 Å². The predicted molar refractivity (Wildman–Crippen MR) is 68.6 cm³/mol. The molecule has 0 atom stereocenters. The maximum Gasteiger partial charge on any atom is 0.123 e. The van der Waals surface area contributed by atoms with E-state index in [1.165, 1.54) is 12.1 Å². The van der Waals surface area contributed by atoms with Crippen molar-refractivity contribution in [2.45, 2.75) is 6.42 Å². The molecule has 0 bridgehead atoms. The Labute approximate surface area is 103 Å². The van der Waals surface area contributed by atoms with Crippen molar-refractivity contribution >= 4 is 10.9 Å². The highest BCUT2D eigenvalue weighted by atomic mass is 19.1. The molecule has 0 radical (unpaired) electrons. The molecule has 0 aliphatic rings. The summed E-state index contributed by atoms with van der Waals surface area (Å²) < 4.78 is 13.1. The molecule has 18 heavy (non-hydrogen) atoms. The third-order valence-electron chi connectivity index (χ3n) is 2.90. The van der Waals surface area contributed by atoms with Gasteiger partial charge in [-0.2, -0.15) is 5.10 Å². The second-order valence-electron chi connectivity index (χ2n) is 4.23. The van der Waals surface area contributed by atoms with E-state index in [4.69, 9.17) is 5.73 Å².